The van der Waals surface area contributed by atoms with Gasteiger partial charge < -0.3 is 10.2 Å². The van der Waals surface area contributed by atoms with Crippen molar-refractivity contribution in [1.29, 1.82) is 0 Å². The predicted molar refractivity (Wildman–Crippen MR) is 183 cm³/mol. The molecule has 3 aliphatic heterocycles. The Labute approximate surface area is 261 Å². The van der Waals surface area contributed by atoms with Crippen molar-refractivity contribution in [2.75, 3.05) is 4.90 Å². The van der Waals surface area contributed by atoms with E-state index in [-0.39, 0.29) is 18.0 Å². The molecule has 44 heavy (non-hydrogen) atoms. The highest BCUT2D eigenvalue weighted by Gasteiger charge is 2.45. The van der Waals surface area contributed by atoms with Crippen LogP contribution in [0.3, 0.4) is 0 Å². The maximum absolute atomic E-state index is 5.40. The summed E-state index contributed by atoms with van der Waals surface area (Å²) in [6.07, 6.45) is 20.6. The van der Waals surface area contributed by atoms with Crippen molar-refractivity contribution in [2.24, 2.45) is 4.99 Å². The molecule has 4 aromatic rings. The summed E-state index contributed by atoms with van der Waals surface area (Å²) in [5.41, 5.74) is 10.4. The molecule has 4 aromatic carbocycles. The first-order chi connectivity index (χ1) is 21.8. The highest BCUT2D eigenvalue weighted by atomic mass is 32.2. The third-order valence-corrected chi connectivity index (χ3v) is 11.3. The van der Waals surface area contributed by atoms with E-state index in [4.69, 9.17) is 4.99 Å². The van der Waals surface area contributed by atoms with Gasteiger partial charge in [-0.3, -0.25) is 0 Å². The number of hydrogen-bond donors (Lipinski definition) is 1. The van der Waals surface area contributed by atoms with Gasteiger partial charge in [0, 0.05) is 33.2 Å². The molecule has 0 radical (unpaired) electrons. The highest BCUT2D eigenvalue weighted by Crippen LogP contribution is 2.52. The second kappa shape index (κ2) is 9.35. The Kier molecular flexibility index (Phi) is 5.23. The minimum Gasteiger partial charge on any atom is -0.325 e. The first-order valence-corrected chi connectivity index (χ1v) is 16.4. The van der Waals surface area contributed by atoms with Gasteiger partial charge in [0.15, 0.2) is 0 Å². The quantitative estimate of drug-likeness (QED) is 0.243. The van der Waals surface area contributed by atoms with Gasteiger partial charge in [0.25, 0.3) is 0 Å². The number of hydrogen-bond acceptors (Lipinski definition) is 4. The molecule has 3 heterocycles. The lowest BCUT2D eigenvalue weighted by Gasteiger charge is -2.36. The Balaban J connectivity index is 1.10. The van der Waals surface area contributed by atoms with Gasteiger partial charge in [-0.25, -0.2) is 4.99 Å². The molecule has 0 aromatic heterocycles. The van der Waals surface area contributed by atoms with Crippen molar-refractivity contribution in [3.8, 4) is 0 Å². The molecule has 0 saturated heterocycles. The van der Waals surface area contributed by atoms with Crippen molar-refractivity contribution >= 4 is 40.3 Å². The maximum Gasteiger partial charge on any atom is 0.204 e. The number of guanidine groups is 1. The normalized spacial score (nSPS) is 26.7. The van der Waals surface area contributed by atoms with Gasteiger partial charge in [0.2, 0.25) is 5.96 Å². The lowest BCUT2D eigenvalue weighted by atomic mass is 9.80. The van der Waals surface area contributed by atoms with E-state index in [0.29, 0.717) is 11.2 Å². The van der Waals surface area contributed by atoms with Gasteiger partial charge in [-0.05, 0) is 50.7 Å². The fourth-order valence-electron chi connectivity index (χ4n) is 8.04. The van der Waals surface area contributed by atoms with Crippen LogP contribution in [0.1, 0.15) is 34.1 Å². The van der Waals surface area contributed by atoms with Crippen LogP contribution in [0.4, 0.5) is 5.69 Å². The zero-order valence-corrected chi connectivity index (χ0v) is 24.8. The van der Waals surface area contributed by atoms with Crippen LogP contribution in [-0.4, -0.2) is 23.3 Å². The molecule has 3 aliphatic carbocycles. The van der Waals surface area contributed by atoms with Crippen LogP contribution in [0, 0.1) is 0 Å². The van der Waals surface area contributed by atoms with Crippen LogP contribution in [0.25, 0.3) is 16.8 Å². The predicted octanol–water partition coefficient (Wildman–Crippen LogP) is 8.65. The molecule has 5 unspecified atom stereocenters. The van der Waals surface area contributed by atoms with Gasteiger partial charge >= 0.3 is 0 Å². The molecule has 210 valence electrons. The average Bonchev–Trinajstić information content (AvgIpc) is 3.63. The van der Waals surface area contributed by atoms with Crippen molar-refractivity contribution in [2.45, 2.75) is 34.1 Å². The van der Waals surface area contributed by atoms with Crippen LogP contribution in [0.15, 0.2) is 160 Å². The van der Waals surface area contributed by atoms with E-state index in [1.807, 2.05) is 11.8 Å². The molecule has 0 spiro atoms. The molecule has 0 amide bonds. The maximum atomic E-state index is 5.40. The Hall–Kier alpha value is -4.80. The Morgan fingerprint density at radius 2 is 1.61 bits per heavy atom. The zero-order chi connectivity index (χ0) is 28.8. The summed E-state index contributed by atoms with van der Waals surface area (Å²) in [4.78, 5) is 9.27. The fraction of sp³-hybridized carbons (Fsp3) is 0.125. The molecule has 0 bridgehead atoms. The molecule has 6 aliphatic rings. The number of thioether (sulfide) groups is 1. The number of nitrogens with zero attached hydrogens (tertiary/aromatic N) is 2. The van der Waals surface area contributed by atoms with Crippen LogP contribution >= 0.6 is 11.8 Å². The van der Waals surface area contributed by atoms with E-state index in [0.717, 1.165) is 11.7 Å². The molecule has 5 atom stereocenters. The van der Waals surface area contributed by atoms with Crippen LogP contribution < -0.4 is 10.2 Å². The zero-order valence-electron chi connectivity index (χ0n) is 24.0. The van der Waals surface area contributed by atoms with E-state index in [9.17, 15) is 0 Å². The van der Waals surface area contributed by atoms with Gasteiger partial charge in [0.1, 0.15) is 0 Å². The molecule has 4 heteroatoms. The molecular formula is C40H29N3S. The van der Waals surface area contributed by atoms with Crippen molar-refractivity contribution in [3.63, 3.8) is 0 Å². The molecule has 0 fully saturated rings. The number of benzene rings is 4. The summed E-state index contributed by atoms with van der Waals surface area (Å²) in [5, 5.41) is 6.92. The summed E-state index contributed by atoms with van der Waals surface area (Å²) < 4.78 is 0. The van der Waals surface area contributed by atoms with Crippen LogP contribution in [0.5, 0.6) is 0 Å². The summed E-state index contributed by atoms with van der Waals surface area (Å²) in [5.74, 6) is 1.56. The molecule has 3 nitrogen and oxygen atoms in total. The first-order valence-electron chi connectivity index (χ1n) is 15.5. The highest BCUT2D eigenvalue weighted by molar-refractivity contribution is 8.00. The largest absolute Gasteiger partial charge is 0.325 e. The lowest BCUT2D eigenvalue weighted by Crippen LogP contribution is -2.49. The van der Waals surface area contributed by atoms with Crippen molar-refractivity contribution < 1.29 is 0 Å². The van der Waals surface area contributed by atoms with Crippen LogP contribution in [-0.2, 0) is 0 Å². The molecule has 1 N–H and O–H groups in total. The smallest absolute Gasteiger partial charge is 0.204 e. The number of rotatable bonds is 1. The fourth-order valence-corrected chi connectivity index (χ4v) is 9.43. The topological polar surface area (TPSA) is 27.6 Å². The molecule has 10 rings (SSSR count). The third-order valence-electron chi connectivity index (χ3n) is 9.99. The summed E-state index contributed by atoms with van der Waals surface area (Å²) in [6.45, 7) is 0. The number of aliphatic imine (C=N–C) groups is 1. The van der Waals surface area contributed by atoms with E-state index < -0.39 is 0 Å². The standard InChI is InChI=1S/C40H29N3S/c1-3-11-27-24(9-1)18-21-33-37(27)38-28-12-4-2-10-25(28)19-22-34(38)43(33)40-41-32-15-7-5-14-31(32)39(42-40)26-17-20-30-29-13-6-8-16-35(29)44-36(30)23-26/h1-23,30,32-33,36-37H,(H,41,42). The summed E-state index contributed by atoms with van der Waals surface area (Å²) in [7, 11) is 0. The first kappa shape index (κ1) is 24.6. The summed E-state index contributed by atoms with van der Waals surface area (Å²) >= 11 is 1.98. The van der Waals surface area contributed by atoms with Gasteiger partial charge in [-0.1, -0.05) is 127 Å². The van der Waals surface area contributed by atoms with Crippen molar-refractivity contribution in [1.82, 2.24) is 5.32 Å². The minimum atomic E-state index is -0.0329. The number of fused-ring (bicyclic) bond motifs is 11. The minimum absolute atomic E-state index is 0.0329. The number of allylic oxidation sites excluding steroid dienone is 4. The van der Waals surface area contributed by atoms with Gasteiger partial charge in [-0.2, -0.15) is 0 Å². The Morgan fingerprint density at radius 3 is 2.59 bits per heavy atom. The number of anilines is 1. The van der Waals surface area contributed by atoms with E-state index in [2.05, 4.69) is 150 Å². The third kappa shape index (κ3) is 3.49. The molecular weight excluding hydrogens is 555 g/mol. The Bertz CT molecular complexity index is 2130. The van der Waals surface area contributed by atoms with Crippen molar-refractivity contribution in [3.05, 3.63) is 173 Å². The number of nitrogens with one attached hydrogen (secondary N) is 1. The second-order valence-corrected chi connectivity index (χ2v) is 13.5. The monoisotopic (exact) mass is 583 g/mol. The van der Waals surface area contributed by atoms with E-state index >= 15 is 0 Å². The van der Waals surface area contributed by atoms with Crippen LogP contribution in [0.2, 0.25) is 0 Å². The van der Waals surface area contributed by atoms with E-state index in [1.165, 1.54) is 54.8 Å². The molecule has 0 saturated carbocycles. The van der Waals surface area contributed by atoms with E-state index in [1.54, 1.807) is 0 Å². The van der Waals surface area contributed by atoms with Gasteiger partial charge in [0.05, 0.1) is 17.8 Å². The second-order valence-electron chi connectivity index (χ2n) is 12.3. The van der Waals surface area contributed by atoms with Gasteiger partial charge in [-0.15, -0.1) is 11.8 Å². The lowest BCUT2D eigenvalue weighted by molar-refractivity contribution is 0.719. The Morgan fingerprint density at radius 1 is 0.750 bits per heavy atom. The summed E-state index contributed by atoms with van der Waals surface area (Å²) in [6, 6.07) is 31.2. The SMILES string of the molecule is C1=CC2=C(C3=CC4Sc5ccccc5C4C=C3)NC(N3c4ccc5ccccc5c4C4c5ccccc5C=CC43)=NC2C=C1. The average molecular weight is 584 g/mol.